The highest BCUT2D eigenvalue weighted by molar-refractivity contribution is 5.72. The monoisotopic (exact) mass is 218 g/mol. The van der Waals surface area contributed by atoms with Crippen molar-refractivity contribution in [1.82, 2.24) is 0 Å². The highest BCUT2D eigenvalue weighted by Gasteiger charge is 2.03. The molecule has 1 aromatic carbocycles. The summed E-state index contributed by atoms with van der Waals surface area (Å²) < 4.78 is 5.14. The lowest BCUT2D eigenvalue weighted by molar-refractivity contribution is -0.142. The smallest absolute Gasteiger partial charge is 0.310 e. The van der Waals surface area contributed by atoms with E-state index in [4.69, 9.17) is 4.74 Å². The summed E-state index contributed by atoms with van der Waals surface area (Å²) in [6.45, 7) is 4.49. The van der Waals surface area contributed by atoms with Crippen LogP contribution in [0.4, 0.5) is 0 Å². The molecule has 0 fully saturated rings. The lowest BCUT2D eigenvalue weighted by atomic mass is 10.1. The second-order valence-corrected chi connectivity index (χ2v) is 3.77. The molecule has 16 heavy (non-hydrogen) atoms. The van der Waals surface area contributed by atoms with Gasteiger partial charge >= 0.3 is 5.97 Å². The number of benzene rings is 1. The average molecular weight is 218 g/mol. The molecular formula is C14H18O2. The maximum atomic E-state index is 11.4. The summed E-state index contributed by atoms with van der Waals surface area (Å²) in [7, 11) is 0. The summed E-state index contributed by atoms with van der Waals surface area (Å²) >= 11 is 0. The summed E-state index contributed by atoms with van der Waals surface area (Å²) in [5.74, 6) is -0.157. The topological polar surface area (TPSA) is 26.3 Å². The van der Waals surface area contributed by atoms with E-state index in [1.807, 2.05) is 50.3 Å². The van der Waals surface area contributed by atoms with Crippen LogP contribution in [-0.2, 0) is 16.0 Å². The van der Waals surface area contributed by atoms with E-state index in [1.54, 1.807) is 0 Å². The minimum Gasteiger partial charge on any atom is -0.465 e. The number of ether oxygens (including phenoxy) is 1. The predicted octanol–water partition coefficient (Wildman–Crippen LogP) is 3.13. The Kier molecular flexibility index (Phi) is 5.34. The first-order valence-corrected chi connectivity index (χ1v) is 5.53. The van der Waals surface area contributed by atoms with E-state index < -0.39 is 0 Å². The fraction of sp³-hybridized carbons (Fsp3) is 0.357. The van der Waals surface area contributed by atoms with Gasteiger partial charge in [-0.2, -0.15) is 0 Å². The molecule has 0 unspecified atom stereocenters. The van der Waals surface area contributed by atoms with E-state index in [-0.39, 0.29) is 5.97 Å². The maximum absolute atomic E-state index is 11.4. The van der Waals surface area contributed by atoms with Gasteiger partial charge < -0.3 is 4.74 Å². The molecule has 0 saturated heterocycles. The van der Waals surface area contributed by atoms with Gasteiger partial charge in [-0.15, -0.1) is 0 Å². The van der Waals surface area contributed by atoms with Gasteiger partial charge in [0.2, 0.25) is 0 Å². The largest absolute Gasteiger partial charge is 0.465 e. The van der Waals surface area contributed by atoms with Gasteiger partial charge in [0, 0.05) is 6.42 Å². The van der Waals surface area contributed by atoms with Crippen molar-refractivity contribution in [2.24, 2.45) is 0 Å². The van der Waals surface area contributed by atoms with E-state index in [2.05, 4.69) is 0 Å². The van der Waals surface area contributed by atoms with Crippen LogP contribution in [0.3, 0.4) is 0 Å². The fourth-order valence-corrected chi connectivity index (χ4v) is 1.28. The molecule has 1 aromatic rings. The molecule has 0 aliphatic rings. The molecule has 0 aliphatic carbocycles. The Bertz CT molecular complexity index is 352. The summed E-state index contributed by atoms with van der Waals surface area (Å²) in [6.07, 6.45) is 3.21. The third-order valence-electron chi connectivity index (χ3n) is 2.44. The molecule has 0 spiro atoms. The van der Waals surface area contributed by atoms with Crippen LogP contribution in [0.2, 0.25) is 0 Å². The van der Waals surface area contributed by atoms with Gasteiger partial charge in [-0.25, -0.2) is 0 Å². The SMILES string of the molecule is CC=C(C)CCOC(=O)Cc1ccccc1. The van der Waals surface area contributed by atoms with Crippen molar-refractivity contribution in [2.75, 3.05) is 6.61 Å². The van der Waals surface area contributed by atoms with Crippen LogP contribution < -0.4 is 0 Å². The zero-order chi connectivity index (χ0) is 11.8. The molecule has 86 valence electrons. The lowest BCUT2D eigenvalue weighted by Crippen LogP contribution is -2.09. The van der Waals surface area contributed by atoms with Crippen LogP contribution in [0.15, 0.2) is 42.0 Å². The number of hydrogen-bond acceptors (Lipinski definition) is 2. The number of esters is 1. The normalized spacial score (nSPS) is 11.2. The van der Waals surface area contributed by atoms with Gasteiger partial charge in [0.1, 0.15) is 0 Å². The standard InChI is InChI=1S/C14H18O2/c1-3-12(2)9-10-16-14(15)11-13-7-5-4-6-8-13/h3-8H,9-11H2,1-2H3. The Labute approximate surface area is 96.9 Å². The van der Waals surface area contributed by atoms with Crippen LogP contribution >= 0.6 is 0 Å². The molecule has 0 amide bonds. The predicted molar refractivity (Wildman–Crippen MR) is 65.2 cm³/mol. The van der Waals surface area contributed by atoms with Crippen molar-refractivity contribution in [3.05, 3.63) is 47.5 Å². The first kappa shape index (κ1) is 12.5. The zero-order valence-corrected chi connectivity index (χ0v) is 9.90. The highest BCUT2D eigenvalue weighted by Crippen LogP contribution is 2.03. The van der Waals surface area contributed by atoms with Gasteiger partial charge in [-0.1, -0.05) is 42.0 Å². The van der Waals surface area contributed by atoms with E-state index >= 15 is 0 Å². The van der Waals surface area contributed by atoms with E-state index in [0.717, 1.165) is 12.0 Å². The lowest BCUT2D eigenvalue weighted by Gasteiger charge is -2.04. The van der Waals surface area contributed by atoms with Crippen LogP contribution in [0.5, 0.6) is 0 Å². The molecule has 0 atom stereocenters. The van der Waals surface area contributed by atoms with Crippen LogP contribution in [-0.4, -0.2) is 12.6 Å². The van der Waals surface area contributed by atoms with Crippen molar-refractivity contribution in [2.45, 2.75) is 26.7 Å². The molecule has 0 N–H and O–H groups in total. The number of allylic oxidation sites excluding steroid dienone is 1. The molecule has 0 bridgehead atoms. The minimum absolute atomic E-state index is 0.157. The zero-order valence-electron chi connectivity index (χ0n) is 9.90. The van der Waals surface area contributed by atoms with Gasteiger partial charge in [-0.3, -0.25) is 4.79 Å². The van der Waals surface area contributed by atoms with Gasteiger partial charge in [0.05, 0.1) is 13.0 Å². The second-order valence-electron chi connectivity index (χ2n) is 3.77. The molecule has 0 aliphatic heterocycles. The van der Waals surface area contributed by atoms with Crippen LogP contribution in [0.25, 0.3) is 0 Å². The van der Waals surface area contributed by atoms with Crippen molar-refractivity contribution >= 4 is 5.97 Å². The van der Waals surface area contributed by atoms with Crippen LogP contribution in [0, 0.1) is 0 Å². The van der Waals surface area contributed by atoms with E-state index in [1.165, 1.54) is 5.57 Å². The third-order valence-corrected chi connectivity index (χ3v) is 2.44. The molecule has 2 nitrogen and oxygen atoms in total. The number of carbonyl (C=O) groups excluding carboxylic acids is 1. The van der Waals surface area contributed by atoms with E-state index in [9.17, 15) is 4.79 Å². The van der Waals surface area contributed by atoms with Crippen molar-refractivity contribution in [3.63, 3.8) is 0 Å². The molecule has 0 heterocycles. The van der Waals surface area contributed by atoms with E-state index in [0.29, 0.717) is 13.0 Å². The van der Waals surface area contributed by atoms with Gasteiger partial charge in [-0.05, 0) is 19.4 Å². The third kappa shape index (κ3) is 4.78. The fourth-order valence-electron chi connectivity index (χ4n) is 1.28. The Morgan fingerprint density at radius 1 is 1.31 bits per heavy atom. The van der Waals surface area contributed by atoms with Crippen LogP contribution in [0.1, 0.15) is 25.8 Å². The first-order valence-electron chi connectivity index (χ1n) is 5.53. The first-order chi connectivity index (χ1) is 7.72. The average Bonchev–Trinajstić information content (AvgIpc) is 2.30. The Balaban J connectivity index is 2.27. The van der Waals surface area contributed by atoms with Gasteiger partial charge in [0.25, 0.3) is 0 Å². The van der Waals surface area contributed by atoms with Crippen molar-refractivity contribution in [3.8, 4) is 0 Å². The van der Waals surface area contributed by atoms with Crippen molar-refractivity contribution < 1.29 is 9.53 Å². The number of hydrogen-bond donors (Lipinski definition) is 0. The summed E-state index contributed by atoms with van der Waals surface area (Å²) in [4.78, 5) is 11.4. The highest BCUT2D eigenvalue weighted by atomic mass is 16.5. The maximum Gasteiger partial charge on any atom is 0.310 e. The summed E-state index contributed by atoms with van der Waals surface area (Å²) in [5.41, 5.74) is 2.24. The molecule has 1 rings (SSSR count). The number of carbonyl (C=O) groups is 1. The molecule has 0 saturated carbocycles. The molecule has 0 aromatic heterocycles. The second kappa shape index (κ2) is 6.83. The Morgan fingerprint density at radius 2 is 2.00 bits per heavy atom. The quantitative estimate of drug-likeness (QED) is 0.560. The van der Waals surface area contributed by atoms with Crippen molar-refractivity contribution in [1.29, 1.82) is 0 Å². The Morgan fingerprint density at radius 3 is 2.62 bits per heavy atom. The van der Waals surface area contributed by atoms with Gasteiger partial charge in [0.15, 0.2) is 0 Å². The summed E-state index contributed by atoms with van der Waals surface area (Å²) in [5, 5.41) is 0. The molecule has 0 radical (unpaired) electrons. The Hall–Kier alpha value is -1.57. The summed E-state index contributed by atoms with van der Waals surface area (Å²) in [6, 6.07) is 9.64. The number of rotatable bonds is 5. The minimum atomic E-state index is -0.157. The molecular weight excluding hydrogens is 200 g/mol. The molecule has 2 heteroatoms.